The zero-order valence-corrected chi connectivity index (χ0v) is 17.9. The summed E-state index contributed by atoms with van der Waals surface area (Å²) in [5.41, 5.74) is 0. The van der Waals surface area contributed by atoms with Crippen molar-refractivity contribution in [2.24, 2.45) is 10.9 Å². The summed E-state index contributed by atoms with van der Waals surface area (Å²) in [5.74, 6) is 0.988. The van der Waals surface area contributed by atoms with Crippen LogP contribution in [0, 0.1) is 5.92 Å². The molecule has 3 N–H and O–H groups in total. The highest BCUT2D eigenvalue weighted by molar-refractivity contribution is 7.93. The standard InChI is InChI=1S/C18H33N3O3S2/c1-5-19-18(21-15(4)9-6-8-14(2)3)20-12-16(22)13-26(23,24)17-10-7-11-25-17/h7,10-11,14-16,22H,5-6,8-9,12-13H2,1-4H3,(H2,19,20,21). The number of rotatable bonds is 11. The second kappa shape index (κ2) is 11.6. The van der Waals surface area contributed by atoms with Gasteiger partial charge in [0.15, 0.2) is 15.8 Å². The minimum absolute atomic E-state index is 0.0403. The summed E-state index contributed by atoms with van der Waals surface area (Å²) in [6, 6.07) is 3.51. The molecular weight excluding hydrogens is 370 g/mol. The zero-order chi connectivity index (χ0) is 19.6. The fraction of sp³-hybridized carbons (Fsp3) is 0.722. The lowest BCUT2D eigenvalue weighted by molar-refractivity contribution is 0.206. The van der Waals surface area contributed by atoms with Crippen LogP contribution in [0.25, 0.3) is 0 Å². The van der Waals surface area contributed by atoms with E-state index in [0.717, 1.165) is 24.2 Å². The maximum absolute atomic E-state index is 12.2. The molecule has 8 heteroatoms. The molecule has 0 fully saturated rings. The summed E-state index contributed by atoms with van der Waals surface area (Å²) in [4.78, 5) is 4.35. The first kappa shape index (κ1) is 22.9. The lowest BCUT2D eigenvalue weighted by Gasteiger charge is -2.18. The number of nitrogens with zero attached hydrogens (tertiary/aromatic N) is 1. The van der Waals surface area contributed by atoms with Crippen LogP contribution in [-0.4, -0.2) is 50.5 Å². The van der Waals surface area contributed by atoms with Gasteiger partial charge in [-0.3, -0.25) is 4.99 Å². The quantitative estimate of drug-likeness (QED) is 0.390. The Morgan fingerprint density at radius 3 is 2.62 bits per heavy atom. The van der Waals surface area contributed by atoms with Gasteiger partial charge in [-0.1, -0.05) is 32.8 Å². The molecule has 6 nitrogen and oxygen atoms in total. The third kappa shape index (κ3) is 9.00. The number of aliphatic hydroxyl groups excluding tert-OH is 1. The van der Waals surface area contributed by atoms with Crippen molar-refractivity contribution in [1.82, 2.24) is 10.6 Å². The minimum Gasteiger partial charge on any atom is -0.390 e. The predicted octanol–water partition coefficient (Wildman–Crippen LogP) is 2.65. The van der Waals surface area contributed by atoms with E-state index in [1.54, 1.807) is 17.5 Å². The van der Waals surface area contributed by atoms with Crippen LogP contribution in [-0.2, 0) is 9.84 Å². The van der Waals surface area contributed by atoms with Gasteiger partial charge in [0.25, 0.3) is 0 Å². The first-order valence-electron chi connectivity index (χ1n) is 9.23. The number of guanidine groups is 1. The maximum atomic E-state index is 12.2. The SMILES string of the molecule is CCNC(=NCC(O)CS(=O)(=O)c1cccs1)NC(C)CCCC(C)C. The molecule has 150 valence electrons. The summed E-state index contributed by atoms with van der Waals surface area (Å²) in [6.45, 7) is 9.25. The summed E-state index contributed by atoms with van der Waals surface area (Å²) in [5, 5.41) is 18.3. The Kier molecular flexibility index (Phi) is 10.2. The fourth-order valence-electron chi connectivity index (χ4n) is 2.48. The minimum atomic E-state index is -3.46. The van der Waals surface area contributed by atoms with Crippen LogP contribution < -0.4 is 10.6 Å². The van der Waals surface area contributed by atoms with Gasteiger partial charge in [0, 0.05) is 12.6 Å². The second-order valence-corrected chi connectivity index (χ2v) is 10.2. The van der Waals surface area contributed by atoms with Gasteiger partial charge in [-0.05, 0) is 37.6 Å². The van der Waals surface area contributed by atoms with Gasteiger partial charge >= 0.3 is 0 Å². The van der Waals surface area contributed by atoms with Gasteiger partial charge in [-0.25, -0.2) is 8.42 Å². The van der Waals surface area contributed by atoms with E-state index >= 15 is 0 Å². The summed E-state index contributed by atoms with van der Waals surface area (Å²) >= 11 is 1.16. The zero-order valence-electron chi connectivity index (χ0n) is 16.2. The lowest BCUT2D eigenvalue weighted by atomic mass is 10.0. The highest BCUT2D eigenvalue weighted by Gasteiger charge is 2.20. The van der Waals surface area contributed by atoms with E-state index in [-0.39, 0.29) is 22.5 Å². The molecule has 0 aliphatic rings. The van der Waals surface area contributed by atoms with Crippen LogP contribution in [0.3, 0.4) is 0 Å². The highest BCUT2D eigenvalue weighted by Crippen LogP contribution is 2.18. The van der Waals surface area contributed by atoms with Crippen LogP contribution in [0.2, 0.25) is 0 Å². The third-order valence-electron chi connectivity index (χ3n) is 3.82. The van der Waals surface area contributed by atoms with E-state index in [9.17, 15) is 13.5 Å². The molecule has 0 aromatic carbocycles. The maximum Gasteiger partial charge on any atom is 0.191 e. The van der Waals surface area contributed by atoms with Crippen LogP contribution >= 0.6 is 11.3 Å². The largest absolute Gasteiger partial charge is 0.390 e. The monoisotopic (exact) mass is 403 g/mol. The molecule has 2 unspecified atom stereocenters. The Bertz CT molecular complexity index is 628. The molecule has 1 aromatic heterocycles. The second-order valence-electron chi connectivity index (χ2n) is 6.96. The summed E-state index contributed by atoms with van der Waals surface area (Å²) in [6.07, 6.45) is 2.35. The van der Waals surface area contributed by atoms with Gasteiger partial charge in [-0.15, -0.1) is 11.3 Å². The molecule has 0 aliphatic carbocycles. The van der Waals surface area contributed by atoms with Crippen molar-refractivity contribution in [1.29, 1.82) is 0 Å². The van der Waals surface area contributed by atoms with E-state index in [1.165, 1.54) is 6.42 Å². The molecule has 1 heterocycles. The van der Waals surface area contributed by atoms with E-state index in [2.05, 4.69) is 36.4 Å². The first-order chi connectivity index (χ1) is 12.2. The highest BCUT2D eigenvalue weighted by atomic mass is 32.2. The molecule has 1 aromatic rings. The number of aliphatic hydroxyl groups is 1. The molecule has 0 radical (unpaired) electrons. The molecule has 26 heavy (non-hydrogen) atoms. The Balaban J connectivity index is 2.54. The molecule has 0 amide bonds. The summed E-state index contributed by atoms with van der Waals surface area (Å²) < 4.78 is 24.7. The van der Waals surface area contributed by atoms with Crippen molar-refractivity contribution < 1.29 is 13.5 Å². The van der Waals surface area contributed by atoms with Gasteiger partial charge in [0.1, 0.15) is 4.21 Å². The molecule has 0 saturated carbocycles. The van der Waals surface area contributed by atoms with E-state index in [4.69, 9.17) is 0 Å². The fourth-order valence-corrected chi connectivity index (χ4v) is 4.95. The number of hydrogen-bond acceptors (Lipinski definition) is 5. The van der Waals surface area contributed by atoms with Crippen LogP contribution in [0.1, 0.15) is 47.0 Å². The van der Waals surface area contributed by atoms with E-state index < -0.39 is 15.9 Å². The Morgan fingerprint density at radius 1 is 1.31 bits per heavy atom. The number of sulfone groups is 1. The topological polar surface area (TPSA) is 90.8 Å². The van der Waals surface area contributed by atoms with Crippen LogP contribution in [0.4, 0.5) is 0 Å². The summed E-state index contributed by atoms with van der Waals surface area (Å²) in [7, 11) is -3.46. The normalized spacial score (nSPS) is 15.1. The van der Waals surface area contributed by atoms with Crippen molar-refractivity contribution in [3.8, 4) is 0 Å². The van der Waals surface area contributed by atoms with Crippen molar-refractivity contribution in [2.75, 3.05) is 18.8 Å². The van der Waals surface area contributed by atoms with Crippen molar-refractivity contribution >= 4 is 27.1 Å². The number of thiophene rings is 1. The molecule has 2 atom stereocenters. The smallest absolute Gasteiger partial charge is 0.191 e. The molecule has 0 bridgehead atoms. The van der Waals surface area contributed by atoms with Gasteiger partial charge in [-0.2, -0.15) is 0 Å². The van der Waals surface area contributed by atoms with E-state index in [1.807, 2.05) is 6.92 Å². The molecule has 0 aliphatic heterocycles. The first-order valence-corrected chi connectivity index (χ1v) is 11.8. The third-order valence-corrected chi connectivity index (χ3v) is 7.10. The van der Waals surface area contributed by atoms with Gasteiger partial charge in [0.2, 0.25) is 0 Å². The Morgan fingerprint density at radius 2 is 2.04 bits per heavy atom. The van der Waals surface area contributed by atoms with Gasteiger partial charge < -0.3 is 15.7 Å². The van der Waals surface area contributed by atoms with Crippen LogP contribution in [0.15, 0.2) is 26.7 Å². The number of nitrogens with one attached hydrogen (secondary N) is 2. The molecule has 1 rings (SSSR count). The number of hydrogen-bond donors (Lipinski definition) is 3. The van der Waals surface area contributed by atoms with Gasteiger partial charge in [0.05, 0.1) is 18.4 Å². The Labute approximate surface area is 162 Å². The molecule has 0 spiro atoms. The molecule has 0 saturated heterocycles. The van der Waals surface area contributed by atoms with Crippen molar-refractivity contribution in [3.05, 3.63) is 17.5 Å². The average molecular weight is 404 g/mol. The van der Waals surface area contributed by atoms with E-state index in [0.29, 0.717) is 18.4 Å². The molecular formula is C18H33N3O3S2. The Hall–Kier alpha value is -1.12. The lowest BCUT2D eigenvalue weighted by Crippen LogP contribution is -2.42. The predicted molar refractivity (Wildman–Crippen MR) is 110 cm³/mol. The van der Waals surface area contributed by atoms with Crippen molar-refractivity contribution in [2.45, 2.75) is 63.3 Å². The average Bonchev–Trinajstić information content (AvgIpc) is 3.07. The number of aliphatic imine (C=N–C) groups is 1. The van der Waals surface area contributed by atoms with Crippen molar-refractivity contribution in [3.63, 3.8) is 0 Å². The van der Waals surface area contributed by atoms with Crippen LogP contribution in [0.5, 0.6) is 0 Å².